The Balaban J connectivity index is 2.09. The first-order valence-corrected chi connectivity index (χ1v) is 4.81. The fourth-order valence-corrected chi connectivity index (χ4v) is 1.27. The third-order valence-electron chi connectivity index (χ3n) is 1.95. The average molecular weight is 185 g/mol. The summed E-state index contributed by atoms with van der Waals surface area (Å²) in [4.78, 5) is 0. The quantitative estimate of drug-likeness (QED) is 0.687. The van der Waals surface area contributed by atoms with Crippen LogP contribution in [0.5, 0.6) is 0 Å². The highest BCUT2D eigenvalue weighted by Gasteiger charge is 2.14. The molecule has 2 N–H and O–H groups in total. The van der Waals surface area contributed by atoms with Gasteiger partial charge in [0.2, 0.25) is 0 Å². The summed E-state index contributed by atoms with van der Waals surface area (Å²) in [5, 5.41) is 12.6. The summed E-state index contributed by atoms with van der Waals surface area (Å²) in [5.74, 6) is 0. The normalized spacial score (nSPS) is 22.8. The summed E-state index contributed by atoms with van der Waals surface area (Å²) in [5.41, 5.74) is -0.634. The van der Waals surface area contributed by atoms with E-state index in [1.54, 1.807) is 20.1 Å². The van der Waals surface area contributed by atoms with E-state index in [0.717, 1.165) is 19.4 Å². The molecule has 76 valence electrons. The maximum atomic E-state index is 9.43. The van der Waals surface area contributed by atoms with E-state index in [1.807, 2.05) is 6.08 Å². The standard InChI is InChI=1S/C10H19NO2/c1-10(2,12)8-11-7-9-5-3-4-6-13-9/h4,6,9,11-12H,3,5,7-8H2,1-2H3. The Morgan fingerprint density at radius 3 is 2.92 bits per heavy atom. The third kappa shape index (κ3) is 4.90. The van der Waals surface area contributed by atoms with Crippen molar-refractivity contribution in [2.24, 2.45) is 0 Å². The van der Waals surface area contributed by atoms with E-state index < -0.39 is 5.60 Å². The first kappa shape index (κ1) is 10.5. The van der Waals surface area contributed by atoms with E-state index >= 15 is 0 Å². The van der Waals surface area contributed by atoms with Gasteiger partial charge < -0.3 is 15.2 Å². The molecule has 0 amide bonds. The maximum absolute atomic E-state index is 9.43. The van der Waals surface area contributed by atoms with Crippen molar-refractivity contribution in [2.45, 2.75) is 38.4 Å². The van der Waals surface area contributed by atoms with Gasteiger partial charge in [-0.15, -0.1) is 0 Å². The maximum Gasteiger partial charge on any atom is 0.110 e. The first-order chi connectivity index (χ1) is 6.08. The van der Waals surface area contributed by atoms with Crippen LogP contribution in [-0.4, -0.2) is 29.9 Å². The van der Waals surface area contributed by atoms with Gasteiger partial charge in [0.1, 0.15) is 6.10 Å². The predicted octanol–water partition coefficient (Wildman–Crippen LogP) is 1.04. The van der Waals surface area contributed by atoms with E-state index in [-0.39, 0.29) is 6.10 Å². The molecule has 1 rings (SSSR count). The zero-order valence-corrected chi connectivity index (χ0v) is 8.42. The van der Waals surface area contributed by atoms with Gasteiger partial charge in [0.05, 0.1) is 11.9 Å². The highest BCUT2D eigenvalue weighted by Crippen LogP contribution is 2.09. The zero-order chi connectivity index (χ0) is 9.73. The molecule has 0 aromatic rings. The highest BCUT2D eigenvalue weighted by atomic mass is 16.5. The topological polar surface area (TPSA) is 41.5 Å². The molecule has 13 heavy (non-hydrogen) atoms. The van der Waals surface area contributed by atoms with E-state index in [4.69, 9.17) is 4.74 Å². The lowest BCUT2D eigenvalue weighted by Gasteiger charge is -2.23. The van der Waals surface area contributed by atoms with Gasteiger partial charge in [-0.05, 0) is 32.8 Å². The van der Waals surface area contributed by atoms with Crippen LogP contribution in [0.4, 0.5) is 0 Å². The number of hydrogen-bond donors (Lipinski definition) is 2. The van der Waals surface area contributed by atoms with Crippen LogP contribution in [0.2, 0.25) is 0 Å². The molecule has 1 heterocycles. The number of allylic oxidation sites excluding steroid dienone is 1. The minimum atomic E-state index is -0.634. The number of rotatable bonds is 4. The van der Waals surface area contributed by atoms with Gasteiger partial charge in [-0.3, -0.25) is 0 Å². The van der Waals surface area contributed by atoms with Crippen LogP contribution in [0, 0.1) is 0 Å². The van der Waals surface area contributed by atoms with Crippen LogP contribution in [0.25, 0.3) is 0 Å². The van der Waals surface area contributed by atoms with E-state index in [0.29, 0.717) is 6.54 Å². The highest BCUT2D eigenvalue weighted by molar-refractivity contribution is 4.83. The van der Waals surface area contributed by atoms with Crippen molar-refractivity contribution < 1.29 is 9.84 Å². The summed E-state index contributed by atoms with van der Waals surface area (Å²) in [6, 6.07) is 0. The second kappa shape index (κ2) is 4.63. The molecule has 0 saturated carbocycles. The van der Waals surface area contributed by atoms with E-state index in [9.17, 15) is 5.11 Å². The van der Waals surface area contributed by atoms with Gasteiger partial charge in [-0.2, -0.15) is 0 Å². The Bertz CT molecular complexity index is 172. The lowest BCUT2D eigenvalue weighted by Crippen LogP contribution is -2.39. The molecular weight excluding hydrogens is 166 g/mol. The van der Waals surface area contributed by atoms with Gasteiger partial charge in [0.15, 0.2) is 0 Å². The van der Waals surface area contributed by atoms with Gasteiger partial charge in [0.25, 0.3) is 0 Å². The third-order valence-corrected chi connectivity index (χ3v) is 1.95. The molecular formula is C10H19NO2. The van der Waals surface area contributed by atoms with Crippen molar-refractivity contribution in [3.63, 3.8) is 0 Å². The molecule has 1 aliphatic rings. The largest absolute Gasteiger partial charge is 0.497 e. The summed E-state index contributed by atoms with van der Waals surface area (Å²) in [6.45, 7) is 5.01. The van der Waals surface area contributed by atoms with Gasteiger partial charge in [-0.1, -0.05) is 0 Å². The lowest BCUT2D eigenvalue weighted by atomic mass is 10.1. The zero-order valence-electron chi connectivity index (χ0n) is 8.42. The van der Waals surface area contributed by atoms with Crippen molar-refractivity contribution >= 4 is 0 Å². The molecule has 1 aliphatic heterocycles. The monoisotopic (exact) mass is 185 g/mol. The fourth-order valence-electron chi connectivity index (χ4n) is 1.27. The molecule has 3 nitrogen and oxygen atoms in total. The summed E-state index contributed by atoms with van der Waals surface area (Å²) >= 11 is 0. The predicted molar refractivity (Wildman–Crippen MR) is 52.4 cm³/mol. The lowest BCUT2D eigenvalue weighted by molar-refractivity contribution is 0.0693. The number of hydrogen-bond acceptors (Lipinski definition) is 3. The van der Waals surface area contributed by atoms with Gasteiger partial charge >= 0.3 is 0 Å². The summed E-state index contributed by atoms with van der Waals surface area (Å²) in [6.07, 6.45) is 6.23. The molecule has 0 aromatic carbocycles. The SMILES string of the molecule is CC(C)(O)CNCC1CCC=CO1. The van der Waals surface area contributed by atoms with E-state index in [1.165, 1.54) is 0 Å². The van der Waals surface area contributed by atoms with Crippen LogP contribution in [0.3, 0.4) is 0 Å². The van der Waals surface area contributed by atoms with Gasteiger partial charge in [0, 0.05) is 13.1 Å². The van der Waals surface area contributed by atoms with Crippen LogP contribution in [0.15, 0.2) is 12.3 Å². The van der Waals surface area contributed by atoms with Crippen molar-refractivity contribution in [1.29, 1.82) is 0 Å². The smallest absolute Gasteiger partial charge is 0.110 e. The number of ether oxygens (including phenoxy) is 1. The molecule has 1 atom stereocenters. The Morgan fingerprint density at radius 2 is 2.38 bits per heavy atom. The van der Waals surface area contributed by atoms with Crippen molar-refractivity contribution in [3.8, 4) is 0 Å². The minimum absolute atomic E-state index is 0.271. The molecule has 0 aliphatic carbocycles. The fraction of sp³-hybridized carbons (Fsp3) is 0.800. The average Bonchev–Trinajstić information content (AvgIpc) is 2.04. The second-order valence-corrected chi connectivity index (χ2v) is 4.15. The molecule has 0 saturated heterocycles. The molecule has 1 unspecified atom stereocenters. The molecule has 0 aromatic heterocycles. The Labute approximate surface area is 79.8 Å². The Hall–Kier alpha value is -0.540. The van der Waals surface area contributed by atoms with Crippen LogP contribution in [0.1, 0.15) is 26.7 Å². The van der Waals surface area contributed by atoms with Crippen molar-refractivity contribution in [1.82, 2.24) is 5.32 Å². The number of aliphatic hydroxyl groups is 1. The Kier molecular flexibility index (Phi) is 3.75. The van der Waals surface area contributed by atoms with Crippen molar-refractivity contribution in [3.05, 3.63) is 12.3 Å². The molecule has 0 bridgehead atoms. The summed E-state index contributed by atoms with van der Waals surface area (Å²) in [7, 11) is 0. The van der Waals surface area contributed by atoms with Gasteiger partial charge in [-0.25, -0.2) is 0 Å². The molecule has 0 spiro atoms. The number of nitrogens with one attached hydrogen (secondary N) is 1. The molecule has 0 radical (unpaired) electrons. The Morgan fingerprint density at radius 1 is 1.62 bits per heavy atom. The summed E-state index contributed by atoms with van der Waals surface area (Å²) < 4.78 is 5.37. The first-order valence-electron chi connectivity index (χ1n) is 4.81. The van der Waals surface area contributed by atoms with Crippen LogP contribution < -0.4 is 5.32 Å². The van der Waals surface area contributed by atoms with Crippen molar-refractivity contribution in [2.75, 3.05) is 13.1 Å². The molecule has 3 heteroatoms. The molecule has 0 fully saturated rings. The van der Waals surface area contributed by atoms with Crippen LogP contribution in [-0.2, 0) is 4.74 Å². The second-order valence-electron chi connectivity index (χ2n) is 4.15. The van der Waals surface area contributed by atoms with E-state index in [2.05, 4.69) is 5.32 Å². The minimum Gasteiger partial charge on any atom is -0.497 e. The van der Waals surface area contributed by atoms with Crippen LogP contribution >= 0.6 is 0 Å².